The lowest BCUT2D eigenvalue weighted by Crippen LogP contribution is -2.28. The summed E-state index contributed by atoms with van der Waals surface area (Å²) in [5.74, 6) is 0.703. The number of hydrogen-bond donors (Lipinski definition) is 0. The molecule has 0 bridgehead atoms. The van der Waals surface area contributed by atoms with Gasteiger partial charge in [-0.3, -0.25) is 4.79 Å². The Balaban J connectivity index is 2.17. The Kier molecular flexibility index (Phi) is 3.19. The van der Waals surface area contributed by atoms with E-state index in [-0.39, 0.29) is 16.7 Å². The number of nitrogens with zero attached hydrogens (tertiary/aromatic N) is 1. The van der Waals surface area contributed by atoms with Gasteiger partial charge in [0.1, 0.15) is 0 Å². The zero-order chi connectivity index (χ0) is 13.5. The average Bonchev–Trinajstić information content (AvgIpc) is 3.03. The van der Waals surface area contributed by atoms with Crippen LogP contribution in [0.2, 0.25) is 0 Å². The Morgan fingerprint density at radius 1 is 1.28 bits per heavy atom. The summed E-state index contributed by atoms with van der Waals surface area (Å²) in [7, 11) is -1.46. The average molecular weight is 267 g/mol. The number of carbonyl (C=O) groups excluding carboxylic acids is 1. The molecule has 1 fully saturated rings. The van der Waals surface area contributed by atoms with Crippen molar-refractivity contribution in [2.75, 3.05) is 18.2 Å². The molecule has 0 N–H and O–H groups in total. The summed E-state index contributed by atoms with van der Waals surface area (Å²) in [6.45, 7) is 2.06. The molecule has 5 heteroatoms. The minimum atomic E-state index is -3.18. The van der Waals surface area contributed by atoms with Crippen molar-refractivity contribution in [3.8, 4) is 0 Å². The van der Waals surface area contributed by atoms with Gasteiger partial charge >= 0.3 is 0 Å². The highest BCUT2D eigenvalue weighted by Gasteiger charge is 2.40. The van der Waals surface area contributed by atoms with Crippen LogP contribution < -0.4 is 4.90 Å². The van der Waals surface area contributed by atoms with Gasteiger partial charge in [-0.15, -0.1) is 0 Å². The quantitative estimate of drug-likeness (QED) is 0.837. The predicted octanol–water partition coefficient (Wildman–Crippen LogP) is 1.71. The minimum Gasteiger partial charge on any atom is -0.315 e. The molecule has 1 aliphatic carbocycles. The number of hydrogen-bond acceptors (Lipinski definition) is 3. The molecular weight excluding hydrogens is 250 g/mol. The summed E-state index contributed by atoms with van der Waals surface area (Å²) in [6.07, 6.45) is 2.12. The van der Waals surface area contributed by atoms with Crippen LogP contribution in [0.25, 0.3) is 0 Å². The van der Waals surface area contributed by atoms with Crippen molar-refractivity contribution in [1.29, 1.82) is 0 Å². The molecule has 1 saturated carbocycles. The van der Waals surface area contributed by atoms with Gasteiger partial charge < -0.3 is 4.90 Å². The molecule has 1 amide bonds. The van der Waals surface area contributed by atoms with Crippen molar-refractivity contribution in [2.45, 2.75) is 18.2 Å². The Morgan fingerprint density at radius 2 is 1.78 bits per heavy atom. The summed E-state index contributed by atoms with van der Waals surface area (Å²) >= 11 is 0. The van der Waals surface area contributed by atoms with Crippen LogP contribution in [0.3, 0.4) is 0 Å². The Labute approximate surface area is 108 Å². The molecule has 0 unspecified atom stereocenters. The molecule has 1 aromatic rings. The summed E-state index contributed by atoms with van der Waals surface area (Å²) in [6, 6.07) is 6.40. The van der Waals surface area contributed by atoms with Crippen LogP contribution in [0.1, 0.15) is 13.3 Å². The van der Waals surface area contributed by atoms with Gasteiger partial charge in [-0.1, -0.05) is 6.92 Å². The van der Waals surface area contributed by atoms with E-state index in [1.54, 1.807) is 24.1 Å². The SMILES string of the molecule is C[C@@H]1C[C@H]1C(=O)N(C)c1ccc(S(C)(=O)=O)cc1. The van der Waals surface area contributed by atoms with Gasteiger partial charge in [0.05, 0.1) is 4.90 Å². The van der Waals surface area contributed by atoms with Crippen LogP contribution in [0.15, 0.2) is 29.2 Å². The fourth-order valence-corrected chi connectivity index (χ4v) is 2.59. The lowest BCUT2D eigenvalue weighted by molar-refractivity contribution is -0.119. The number of amides is 1. The highest BCUT2D eigenvalue weighted by Crippen LogP contribution is 2.39. The fourth-order valence-electron chi connectivity index (χ4n) is 1.96. The molecule has 18 heavy (non-hydrogen) atoms. The van der Waals surface area contributed by atoms with Crippen LogP contribution >= 0.6 is 0 Å². The summed E-state index contributed by atoms with van der Waals surface area (Å²) in [4.78, 5) is 13.9. The number of rotatable bonds is 3. The monoisotopic (exact) mass is 267 g/mol. The maximum Gasteiger partial charge on any atom is 0.230 e. The van der Waals surface area contributed by atoms with Crippen molar-refractivity contribution in [2.24, 2.45) is 11.8 Å². The first-order chi connectivity index (χ1) is 8.30. The molecule has 0 saturated heterocycles. The standard InChI is InChI=1S/C13H17NO3S/c1-9-8-12(9)13(15)14(2)10-4-6-11(7-5-10)18(3,16)17/h4-7,9,12H,8H2,1-3H3/t9-,12-/m1/s1. The van der Waals surface area contributed by atoms with Crippen LogP contribution in [0.4, 0.5) is 5.69 Å². The van der Waals surface area contributed by atoms with Gasteiger partial charge in [-0.25, -0.2) is 8.42 Å². The van der Waals surface area contributed by atoms with Crippen molar-refractivity contribution in [3.63, 3.8) is 0 Å². The smallest absolute Gasteiger partial charge is 0.230 e. The third-order valence-electron chi connectivity index (χ3n) is 3.41. The van der Waals surface area contributed by atoms with E-state index in [2.05, 4.69) is 6.92 Å². The molecular formula is C13H17NO3S. The number of sulfone groups is 1. The highest BCUT2D eigenvalue weighted by molar-refractivity contribution is 7.90. The van der Waals surface area contributed by atoms with Crippen molar-refractivity contribution in [3.05, 3.63) is 24.3 Å². The lowest BCUT2D eigenvalue weighted by Gasteiger charge is -2.17. The van der Waals surface area contributed by atoms with E-state index in [0.717, 1.165) is 12.1 Å². The Morgan fingerprint density at radius 3 is 2.17 bits per heavy atom. The van der Waals surface area contributed by atoms with Gasteiger partial charge in [-0.05, 0) is 36.6 Å². The highest BCUT2D eigenvalue weighted by atomic mass is 32.2. The van der Waals surface area contributed by atoms with Gasteiger partial charge in [0.15, 0.2) is 9.84 Å². The zero-order valence-corrected chi connectivity index (χ0v) is 11.6. The van der Waals surface area contributed by atoms with E-state index >= 15 is 0 Å². The molecule has 2 atom stereocenters. The number of benzene rings is 1. The second-order valence-corrected chi connectivity index (χ2v) is 7.00. The van der Waals surface area contributed by atoms with E-state index in [9.17, 15) is 13.2 Å². The summed E-state index contributed by atoms with van der Waals surface area (Å²) < 4.78 is 22.7. The van der Waals surface area contributed by atoms with Gasteiger partial charge in [0, 0.05) is 24.9 Å². The first kappa shape index (κ1) is 13.1. The molecule has 1 aliphatic rings. The van der Waals surface area contributed by atoms with Crippen molar-refractivity contribution >= 4 is 21.4 Å². The van der Waals surface area contributed by atoms with E-state index in [1.807, 2.05) is 0 Å². The minimum absolute atomic E-state index is 0.106. The normalized spacial score (nSPS) is 22.6. The van der Waals surface area contributed by atoms with E-state index in [0.29, 0.717) is 5.92 Å². The van der Waals surface area contributed by atoms with E-state index in [1.165, 1.54) is 18.4 Å². The Hall–Kier alpha value is -1.36. The molecule has 0 radical (unpaired) electrons. The van der Waals surface area contributed by atoms with Crippen molar-refractivity contribution < 1.29 is 13.2 Å². The van der Waals surface area contributed by atoms with Crippen molar-refractivity contribution in [1.82, 2.24) is 0 Å². The summed E-state index contributed by atoms with van der Waals surface area (Å²) in [5, 5.41) is 0. The molecule has 2 rings (SSSR count). The lowest BCUT2D eigenvalue weighted by atomic mass is 10.2. The third kappa shape index (κ3) is 2.56. The molecule has 0 aromatic heterocycles. The predicted molar refractivity (Wildman–Crippen MR) is 70.2 cm³/mol. The van der Waals surface area contributed by atoms with Crippen LogP contribution in [0, 0.1) is 11.8 Å². The molecule has 98 valence electrons. The number of anilines is 1. The maximum absolute atomic E-state index is 12.0. The molecule has 1 aromatic carbocycles. The zero-order valence-electron chi connectivity index (χ0n) is 10.8. The molecule has 0 spiro atoms. The fraction of sp³-hybridized carbons (Fsp3) is 0.462. The first-order valence-corrected chi connectivity index (χ1v) is 7.77. The molecule has 0 aliphatic heterocycles. The third-order valence-corrected chi connectivity index (χ3v) is 4.54. The topological polar surface area (TPSA) is 54.5 Å². The largest absolute Gasteiger partial charge is 0.315 e. The van der Waals surface area contributed by atoms with E-state index < -0.39 is 9.84 Å². The maximum atomic E-state index is 12.0. The molecule has 0 heterocycles. The summed E-state index contributed by atoms with van der Waals surface area (Å²) in [5.41, 5.74) is 0.728. The van der Waals surface area contributed by atoms with Crippen LogP contribution in [-0.4, -0.2) is 27.6 Å². The van der Waals surface area contributed by atoms with Gasteiger partial charge in [0.25, 0.3) is 0 Å². The molecule has 4 nitrogen and oxygen atoms in total. The van der Waals surface area contributed by atoms with E-state index in [4.69, 9.17) is 0 Å². The second-order valence-electron chi connectivity index (χ2n) is 4.98. The van der Waals surface area contributed by atoms with Gasteiger partial charge in [0.2, 0.25) is 5.91 Å². The van der Waals surface area contributed by atoms with Gasteiger partial charge in [-0.2, -0.15) is 0 Å². The van der Waals surface area contributed by atoms with Crippen LogP contribution in [0.5, 0.6) is 0 Å². The number of carbonyl (C=O) groups is 1. The second kappa shape index (κ2) is 4.39. The first-order valence-electron chi connectivity index (χ1n) is 5.88. The Bertz CT molecular complexity index is 562. The van der Waals surface area contributed by atoms with Crippen LogP contribution in [-0.2, 0) is 14.6 Å².